The third kappa shape index (κ3) is 4.79. The van der Waals surface area contributed by atoms with Crippen LogP contribution in [0.2, 0.25) is 0 Å². The topological polar surface area (TPSA) is 57.4 Å². The molecule has 3 aromatic rings. The Labute approximate surface area is 157 Å². The fourth-order valence-electron chi connectivity index (χ4n) is 2.38. The van der Waals surface area contributed by atoms with Crippen molar-refractivity contribution in [2.75, 3.05) is 19.5 Å². The molecule has 0 fully saturated rings. The maximum Gasteiger partial charge on any atom is 0.276 e. The summed E-state index contributed by atoms with van der Waals surface area (Å²) in [6, 6.07) is 13.8. The van der Waals surface area contributed by atoms with Crippen LogP contribution in [-0.4, -0.2) is 29.7 Å². The third-order valence-electron chi connectivity index (χ3n) is 3.86. The average molecular weight is 370 g/mol. The minimum Gasteiger partial charge on any atom is -0.497 e. The number of methoxy groups -OCH3 is 1. The second-order valence-electron chi connectivity index (χ2n) is 5.92. The van der Waals surface area contributed by atoms with Gasteiger partial charge in [0.1, 0.15) is 11.5 Å². The SMILES string of the molecule is COc1ccc(-c2nnc(SCCCOc3cc(C)ccc3C)o2)cc1. The molecule has 0 radical (unpaired) electrons. The molecule has 0 atom stereocenters. The number of nitrogens with zero attached hydrogens (tertiary/aromatic N) is 2. The molecule has 0 aliphatic rings. The van der Waals surface area contributed by atoms with Crippen molar-refractivity contribution in [3.63, 3.8) is 0 Å². The third-order valence-corrected chi connectivity index (χ3v) is 4.76. The zero-order valence-electron chi connectivity index (χ0n) is 15.2. The zero-order chi connectivity index (χ0) is 18.4. The number of aryl methyl sites for hydroxylation is 2. The van der Waals surface area contributed by atoms with E-state index < -0.39 is 0 Å². The summed E-state index contributed by atoms with van der Waals surface area (Å²) in [6.07, 6.45) is 0.901. The molecule has 1 heterocycles. The van der Waals surface area contributed by atoms with E-state index in [2.05, 4.69) is 42.2 Å². The number of hydrogen-bond acceptors (Lipinski definition) is 6. The van der Waals surface area contributed by atoms with E-state index in [1.807, 2.05) is 24.3 Å². The first-order valence-electron chi connectivity index (χ1n) is 8.46. The van der Waals surface area contributed by atoms with Gasteiger partial charge < -0.3 is 13.9 Å². The highest BCUT2D eigenvalue weighted by molar-refractivity contribution is 7.99. The molecule has 2 aromatic carbocycles. The molecule has 0 aliphatic heterocycles. The molecule has 0 aliphatic carbocycles. The normalized spacial score (nSPS) is 10.7. The molecule has 0 N–H and O–H groups in total. The second kappa shape index (κ2) is 8.76. The Morgan fingerprint density at radius 1 is 1.04 bits per heavy atom. The van der Waals surface area contributed by atoms with E-state index in [9.17, 15) is 0 Å². The number of rotatable bonds is 8. The minimum absolute atomic E-state index is 0.516. The van der Waals surface area contributed by atoms with E-state index in [1.165, 1.54) is 5.56 Å². The van der Waals surface area contributed by atoms with E-state index in [4.69, 9.17) is 13.9 Å². The lowest BCUT2D eigenvalue weighted by Crippen LogP contribution is -2.00. The van der Waals surface area contributed by atoms with Crippen molar-refractivity contribution in [2.45, 2.75) is 25.5 Å². The van der Waals surface area contributed by atoms with Crippen LogP contribution in [0.1, 0.15) is 17.5 Å². The smallest absolute Gasteiger partial charge is 0.276 e. The molecule has 0 saturated carbocycles. The van der Waals surface area contributed by atoms with Crippen molar-refractivity contribution in [3.05, 3.63) is 53.6 Å². The number of ether oxygens (including phenoxy) is 2. The highest BCUT2D eigenvalue weighted by Crippen LogP contribution is 2.25. The summed E-state index contributed by atoms with van der Waals surface area (Å²) < 4.78 is 16.7. The van der Waals surface area contributed by atoms with E-state index in [0.29, 0.717) is 17.7 Å². The largest absolute Gasteiger partial charge is 0.497 e. The van der Waals surface area contributed by atoms with Crippen LogP contribution in [0, 0.1) is 13.8 Å². The van der Waals surface area contributed by atoms with Gasteiger partial charge >= 0.3 is 0 Å². The van der Waals surface area contributed by atoms with E-state index >= 15 is 0 Å². The van der Waals surface area contributed by atoms with Gasteiger partial charge in [0.15, 0.2) is 0 Å². The first-order chi connectivity index (χ1) is 12.7. The molecule has 0 bridgehead atoms. The lowest BCUT2D eigenvalue weighted by atomic mass is 10.1. The summed E-state index contributed by atoms with van der Waals surface area (Å²) in [6.45, 7) is 4.79. The molecular formula is C20H22N2O3S. The maximum atomic E-state index is 5.86. The fraction of sp³-hybridized carbons (Fsp3) is 0.300. The number of aromatic nitrogens is 2. The van der Waals surface area contributed by atoms with Gasteiger partial charge in [-0.25, -0.2) is 0 Å². The summed E-state index contributed by atoms with van der Waals surface area (Å²) in [5.41, 5.74) is 3.24. The Bertz CT molecular complexity index is 847. The molecule has 3 rings (SSSR count). The first-order valence-corrected chi connectivity index (χ1v) is 9.45. The molecule has 0 saturated heterocycles. The lowest BCUT2D eigenvalue weighted by molar-refractivity contribution is 0.316. The zero-order valence-corrected chi connectivity index (χ0v) is 16.0. The molecule has 0 spiro atoms. The van der Waals surface area contributed by atoms with Gasteiger partial charge in [-0.1, -0.05) is 23.9 Å². The van der Waals surface area contributed by atoms with E-state index in [-0.39, 0.29) is 0 Å². The summed E-state index contributed by atoms with van der Waals surface area (Å²) in [5.74, 6) is 3.12. The van der Waals surface area contributed by atoms with Gasteiger partial charge in [0.05, 0.1) is 13.7 Å². The van der Waals surface area contributed by atoms with Crippen molar-refractivity contribution in [2.24, 2.45) is 0 Å². The predicted octanol–water partition coefficient (Wildman–Crippen LogP) is 4.92. The molecule has 26 heavy (non-hydrogen) atoms. The second-order valence-corrected chi connectivity index (χ2v) is 6.97. The van der Waals surface area contributed by atoms with Crippen LogP contribution in [0.4, 0.5) is 0 Å². The van der Waals surface area contributed by atoms with Gasteiger partial charge in [-0.05, 0) is 61.7 Å². The van der Waals surface area contributed by atoms with Crippen LogP contribution in [0.25, 0.3) is 11.5 Å². The molecule has 0 unspecified atom stereocenters. The Kier molecular flexibility index (Phi) is 6.17. The highest BCUT2D eigenvalue weighted by Gasteiger charge is 2.09. The van der Waals surface area contributed by atoms with Crippen molar-refractivity contribution >= 4 is 11.8 Å². The summed E-state index contributed by atoms with van der Waals surface area (Å²) in [7, 11) is 1.64. The number of benzene rings is 2. The predicted molar refractivity (Wildman–Crippen MR) is 103 cm³/mol. The highest BCUT2D eigenvalue weighted by atomic mass is 32.2. The van der Waals surface area contributed by atoms with Gasteiger partial charge in [-0.2, -0.15) is 0 Å². The number of thioether (sulfide) groups is 1. The molecule has 5 nitrogen and oxygen atoms in total. The summed E-state index contributed by atoms with van der Waals surface area (Å²) in [4.78, 5) is 0. The summed E-state index contributed by atoms with van der Waals surface area (Å²) >= 11 is 1.54. The average Bonchev–Trinajstić information content (AvgIpc) is 3.13. The van der Waals surface area contributed by atoms with Crippen molar-refractivity contribution in [1.29, 1.82) is 0 Å². The van der Waals surface area contributed by atoms with E-state index in [0.717, 1.165) is 34.8 Å². The maximum absolute atomic E-state index is 5.86. The van der Waals surface area contributed by atoms with Crippen molar-refractivity contribution < 1.29 is 13.9 Å². The molecule has 136 valence electrons. The lowest BCUT2D eigenvalue weighted by Gasteiger charge is -2.09. The molecule has 1 aromatic heterocycles. The molecule has 0 amide bonds. The Balaban J connectivity index is 1.45. The van der Waals surface area contributed by atoms with Crippen LogP contribution in [0.15, 0.2) is 52.1 Å². The van der Waals surface area contributed by atoms with Gasteiger partial charge in [0, 0.05) is 11.3 Å². The van der Waals surface area contributed by atoms with Crippen LogP contribution >= 0.6 is 11.8 Å². The van der Waals surface area contributed by atoms with Gasteiger partial charge in [-0.3, -0.25) is 0 Å². The summed E-state index contributed by atoms with van der Waals surface area (Å²) in [5, 5.41) is 8.76. The van der Waals surface area contributed by atoms with E-state index in [1.54, 1.807) is 18.9 Å². The first kappa shape index (κ1) is 18.3. The Hall–Kier alpha value is -2.47. The quantitative estimate of drug-likeness (QED) is 0.414. The van der Waals surface area contributed by atoms with Gasteiger partial charge in [0.25, 0.3) is 5.22 Å². The standard InChI is InChI=1S/C20H22N2O3S/c1-14-5-6-15(2)18(13-14)24-11-4-12-26-20-22-21-19(25-20)16-7-9-17(23-3)10-8-16/h5-10,13H,4,11-12H2,1-3H3. The molecule has 6 heteroatoms. The molecular weight excluding hydrogens is 348 g/mol. The van der Waals surface area contributed by atoms with Gasteiger partial charge in [0.2, 0.25) is 5.89 Å². The monoisotopic (exact) mass is 370 g/mol. The number of hydrogen-bond donors (Lipinski definition) is 0. The van der Waals surface area contributed by atoms with Crippen LogP contribution < -0.4 is 9.47 Å². The van der Waals surface area contributed by atoms with Crippen molar-refractivity contribution in [3.8, 4) is 23.0 Å². The van der Waals surface area contributed by atoms with Crippen LogP contribution in [0.3, 0.4) is 0 Å². The Morgan fingerprint density at radius 3 is 2.62 bits per heavy atom. The van der Waals surface area contributed by atoms with Gasteiger partial charge in [-0.15, -0.1) is 10.2 Å². The minimum atomic E-state index is 0.516. The van der Waals surface area contributed by atoms with Crippen LogP contribution in [0.5, 0.6) is 11.5 Å². The van der Waals surface area contributed by atoms with Crippen LogP contribution in [-0.2, 0) is 0 Å². The fourth-order valence-corrected chi connectivity index (χ4v) is 3.05. The van der Waals surface area contributed by atoms with Crippen molar-refractivity contribution in [1.82, 2.24) is 10.2 Å². The Morgan fingerprint density at radius 2 is 1.85 bits per heavy atom.